The first-order valence-corrected chi connectivity index (χ1v) is 32.0. The molecule has 1 rings (SSSR count). The molecule has 0 aliphatic heterocycles. The summed E-state index contributed by atoms with van der Waals surface area (Å²) in [4.78, 5) is 36.0. The molecule has 0 bridgehead atoms. The number of hydrogen-bond donors (Lipinski definition) is 6. The number of unbranched alkanes of at least 4 members (excludes halogenated alkanes) is 39. The number of rotatable bonds is 53. The van der Waals surface area contributed by atoms with Gasteiger partial charge in [0.25, 0.3) is 0 Å². The molecule has 73 heavy (non-hydrogen) atoms. The van der Waals surface area contributed by atoms with Crippen LogP contribution in [0.1, 0.15) is 296 Å². The van der Waals surface area contributed by atoms with Crippen molar-refractivity contribution in [3.05, 3.63) is 12.2 Å². The fourth-order valence-corrected chi connectivity index (χ4v) is 10.7. The molecule has 0 aromatic carbocycles. The molecule has 0 aromatic rings. The maximum atomic E-state index is 12.9. The highest BCUT2D eigenvalue weighted by molar-refractivity contribution is 7.47. The number of allylic oxidation sites excluding steroid dienone is 2. The molecule has 1 fully saturated rings. The number of phosphoric acid groups is 1. The minimum atomic E-state index is -5.12. The minimum absolute atomic E-state index is 0.0996. The second-order valence-electron chi connectivity index (χ2n) is 21.6. The molecule has 0 amide bonds. The number of aliphatic hydroxyl groups is 5. The quantitative estimate of drug-likeness (QED) is 0.0145. The van der Waals surface area contributed by atoms with Crippen molar-refractivity contribution in [1.29, 1.82) is 0 Å². The molecular weight excluding hydrogens is 948 g/mol. The molecule has 1 saturated carbocycles. The fourth-order valence-electron chi connectivity index (χ4n) is 9.76. The van der Waals surface area contributed by atoms with Gasteiger partial charge in [0.1, 0.15) is 43.2 Å². The predicted molar refractivity (Wildman–Crippen MR) is 295 cm³/mol. The summed E-state index contributed by atoms with van der Waals surface area (Å²) in [5.41, 5.74) is 0. The Balaban J connectivity index is 2.29. The second-order valence-corrected chi connectivity index (χ2v) is 23.0. The van der Waals surface area contributed by atoms with E-state index in [9.17, 15) is 44.6 Å². The van der Waals surface area contributed by atoms with E-state index in [-0.39, 0.29) is 12.8 Å². The molecule has 0 saturated heterocycles. The topological polar surface area (TPSA) is 210 Å². The van der Waals surface area contributed by atoms with E-state index in [1.165, 1.54) is 205 Å². The molecule has 13 nitrogen and oxygen atoms in total. The van der Waals surface area contributed by atoms with Crippen molar-refractivity contribution in [2.75, 3.05) is 13.2 Å². The molecule has 0 aromatic heterocycles. The van der Waals surface area contributed by atoms with Crippen LogP contribution in [0.3, 0.4) is 0 Å². The van der Waals surface area contributed by atoms with Crippen molar-refractivity contribution in [2.24, 2.45) is 0 Å². The Morgan fingerprint density at radius 2 is 0.699 bits per heavy atom. The smallest absolute Gasteiger partial charge is 0.462 e. The normalized spacial score (nSPS) is 20.4. The van der Waals surface area contributed by atoms with Gasteiger partial charge < -0.3 is 39.9 Å². The number of aliphatic hydroxyl groups excluding tert-OH is 5. The van der Waals surface area contributed by atoms with Gasteiger partial charge in [-0.2, -0.15) is 0 Å². The summed E-state index contributed by atoms with van der Waals surface area (Å²) < 4.78 is 33.8. The van der Waals surface area contributed by atoms with Crippen molar-refractivity contribution in [2.45, 2.75) is 339 Å². The Hall–Kier alpha value is -1.41. The van der Waals surface area contributed by atoms with Crippen molar-refractivity contribution in [3.63, 3.8) is 0 Å². The Bertz CT molecular complexity index is 1320. The van der Waals surface area contributed by atoms with Crippen LogP contribution in [0.4, 0.5) is 0 Å². The number of esters is 2. The number of carbonyl (C=O) groups excluding carboxylic acids is 2. The zero-order valence-corrected chi connectivity index (χ0v) is 47.6. The Kier molecular flexibility index (Phi) is 46.6. The summed E-state index contributed by atoms with van der Waals surface area (Å²) in [6, 6.07) is 0. The van der Waals surface area contributed by atoms with E-state index >= 15 is 0 Å². The lowest BCUT2D eigenvalue weighted by Crippen LogP contribution is -2.64. The van der Waals surface area contributed by atoms with Gasteiger partial charge in [-0.1, -0.05) is 257 Å². The van der Waals surface area contributed by atoms with Gasteiger partial charge in [-0.15, -0.1) is 0 Å². The van der Waals surface area contributed by atoms with E-state index in [2.05, 4.69) is 26.0 Å². The molecule has 6 atom stereocenters. The first-order chi connectivity index (χ1) is 35.4. The first kappa shape index (κ1) is 69.6. The van der Waals surface area contributed by atoms with Crippen molar-refractivity contribution in [1.82, 2.24) is 0 Å². The summed E-state index contributed by atoms with van der Waals surface area (Å²) in [7, 11) is -5.12. The maximum Gasteiger partial charge on any atom is 0.472 e. The molecule has 6 unspecified atom stereocenters. The van der Waals surface area contributed by atoms with Crippen LogP contribution in [-0.2, 0) is 32.7 Å². The van der Waals surface area contributed by atoms with Gasteiger partial charge in [-0.05, 0) is 38.5 Å². The van der Waals surface area contributed by atoms with Gasteiger partial charge >= 0.3 is 19.8 Å². The minimum Gasteiger partial charge on any atom is -0.462 e. The largest absolute Gasteiger partial charge is 0.472 e. The van der Waals surface area contributed by atoms with E-state index in [1.54, 1.807) is 0 Å². The van der Waals surface area contributed by atoms with Crippen LogP contribution in [0.5, 0.6) is 0 Å². The molecule has 0 heterocycles. The van der Waals surface area contributed by atoms with Gasteiger partial charge in [0, 0.05) is 12.8 Å². The van der Waals surface area contributed by atoms with E-state index in [1.807, 2.05) is 0 Å². The Morgan fingerprint density at radius 3 is 1.04 bits per heavy atom. The van der Waals surface area contributed by atoms with Crippen LogP contribution in [0.15, 0.2) is 12.2 Å². The highest BCUT2D eigenvalue weighted by atomic mass is 31.2. The molecule has 0 radical (unpaired) electrons. The van der Waals surface area contributed by atoms with Crippen LogP contribution in [0.25, 0.3) is 0 Å². The van der Waals surface area contributed by atoms with Gasteiger partial charge in [0.15, 0.2) is 6.10 Å². The summed E-state index contributed by atoms with van der Waals surface area (Å²) in [6.07, 6.45) is 44.0. The third-order valence-corrected chi connectivity index (χ3v) is 15.6. The lowest BCUT2D eigenvalue weighted by atomic mass is 9.85. The summed E-state index contributed by atoms with van der Waals surface area (Å²) in [6.45, 7) is 3.37. The molecule has 6 N–H and O–H groups in total. The second kappa shape index (κ2) is 48.9. The third-order valence-electron chi connectivity index (χ3n) is 14.6. The number of ether oxygens (including phenoxy) is 2. The summed E-state index contributed by atoms with van der Waals surface area (Å²) in [5.74, 6) is -1.08. The highest BCUT2D eigenvalue weighted by Crippen LogP contribution is 2.47. The maximum absolute atomic E-state index is 12.9. The molecule has 14 heteroatoms. The fraction of sp³-hybridized carbons (Fsp3) is 0.932. The first-order valence-electron chi connectivity index (χ1n) is 30.5. The molecule has 432 valence electrons. The third kappa shape index (κ3) is 40.5. The molecule has 1 aliphatic rings. The van der Waals surface area contributed by atoms with E-state index < -0.39 is 75.7 Å². The average molecular weight is 1060 g/mol. The standard InChI is InChI=1S/C59H113O13P/c1-3-5-7-9-11-13-15-17-19-21-23-25-26-28-29-31-33-35-37-39-41-43-45-47-52(60)69-49-51(50-70-73(67,68)72-59-57(65)55(63)54(62)56(64)58(59)66)71-53(61)48-46-44-42-40-38-36-34-32-30-27-24-22-20-18-16-14-12-10-8-6-4-2/h22,24,51,54-59,62-66H,3-21,23,25-50H2,1-2H3,(H,67,68)/b24-22-. The zero-order chi connectivity index (χ0) is 53.5. The summed E-state index contributed by atoms with van der Waals surface area (Å²) in [5, 5.41) is 50.4. The van der Waals surface area contributed by atoms with Crippen molar-refractivity contribution >= 4 is 19.8 Å². The lowest BCUT2D eigenvalue weighted by Gasteiger charge is -2.41. The van der Waals surface area contributed by atoms with E-state index in [0.29, 0.717) is 12.8 Å². The van der Waals surface area contributed by atoms with Crippen LogP contribution < -0.4 is 0 Å². The van der Waals surface area contributed by atoms with Crippen LogP contribution in [0, 0.1) is 0 Å². The van der Waals surface area contributed by atoms with Gasteiger partial charge in [0.05, 0.1) is 6.61 Å². The number of hydrogen-bond acceptors (Lipinski definition) is 12. The summed E-state index contributed by atoms with van der Waals surface area (Å²) >= 11 is 0. The lowest BCUT2D eigenvalue weighted by molar-refractivity contribution is -0.220. The van der Waals surface area contributed by atoms with E-state index in [0.717, 1.165) is 51.4 Å². The SMILES string of the molecule is CCCCCCCCCC/C=C\CCCCCCCCCCCC(=O)OC(COC(=O)CCCCCCCCCCCCCCCCCCCCCCCCC)COP(=O)(O)OC1C(O)C(O)C(O)C(O)C1O. The Morgan fingerprint density at radius 1 is 0.411 bits per heavy atom. The zero-order valence-electron chi connectivity index (χ0n) is 46.7. The predicted octanol–water partition coefficient (Wildman–Crippen LogP) is 14.5. The average Bonchev–Trinajstić information content (AvgIpc) is 3.37. The van der Waals surface area contributed by atoms with Gasteiger partial charge in [-0.3, -0.25) is 18.6 Å². The monoisotopic (exact) mass is 1060 g/mol. The Labute approximate surface area is 445 Å². The van der Waals surface area contributed by atoms with E-state index in [4.69, 9.17) is 18.5 Å². The highest BCUT2D eigenvalue weighted by Gasteiger charge is 2.51. The molecule has 1 aliphatic carbocycles. The molecule has 0 spiro atoms. The van der Waals surface area contributed by atoms with Crippen LogP contribution >= 0.6 is 7.82 Å². The molecular formula is C59H113O13P. The number of carbonyl (C=O) groups is 2. The van der Waals surface area contributed by atoms with Gasteiger partial charge in [0.2, 0.25) is 0 Å². The van der Waals surface area contributed by atoms with Gasteiger partial charge in [-0.25, -0.2) is 4.57 Å². The van der Waals surface area contributed by atoms with Crippen molar-refractivity contribution in [3.8, 4) is 0 Å². The van der Waals surface area contributed by atoms with Crippen LogP contribution in [-0.4, -0.2) is 98.3 Å². The number of phosphoric ester groups is 1. The van der Waals surface area contributed by atoms with Crippen molar-refractivity contribution < 1.29 is 63.1 Å². The van der Waals surface area contributed by atoms with Crippen LogP contribution in [0.2, 0.25) is 0 Å².